The number of carbonyl (C=O) groups excluding carboxylic acids is 1. The number of carbonyl (C=O) groups is 1. The molecule has 1 saturated heterocycles. The van der Waals surface area contributed by atoms with E-state index in [0.717, 1.165) is 11.1 Å². The SMILES string of the molecule is CN1C(=O)C(c2ccc(Cl)cc2)(c2ccc(Cl)cc2)NC1=S. The number of amides is 1. The number of halogens is 2. The van der Waals surface area contributed by atoms with Crippen molar-refractivity contribution in [2.24, 2.45) is 0 Å². The molecule has 1 N–H and O–H groups in total. The van der Waals surface area contributed by atoms with E-state index in [9.17, 15) is 4.79 Å². The van der Waals surface area contributed by atoms with Gasteiger partial charge in [0.25, 0.3) is 5.91 Å². The highest BCUT2D eigenvalue weighted by molar-refractivity contribution is 7.80. The van der Waals surface area contributed by atoms with Crippen molar-refractivity contribution in [2.75, 3.05) is 7.05 Å². The van der Waals surface area contributed by atoms with Crippen molar-refractivity contribution in [2.45, 2.75) is 5.54 Å². The normalized spacial score (nSPS) is 16.8. The first kappa shape index (κ1) is 15.3. The van der Waals surface area contributed by atoms with Gasteiger partial charge in [-0.2, -0.15) is 0 Å². The largest absolute Gasteiger partial charge is 0.341 e. The number of hydrogen-bond donors (Lipinski definition) is 1. The maximum Gasteiger partial charge on any atom is 0.263 e. The van der Waals surface area contributed by atoms with Crippen molar-refractivity contribution >= 4 is 46.4 Å². The zero-order valence-corrected chi connectivity index (χ0v) is 14.0. The molecular formula is C16H12Cl2N2OS. The summed E-state index contributed by atoms with van der Waals surface area (Å²) in [6.45, 7) is 0. The van der Waals surface area contributed by atoms with Gasteiger partial charge in [-0.1, -0.05) is 47.5 Å². The van der Waals surface area contributed by atoms with Crippen molar-refractivity contribution in [3.05, 3.63) is 69.7 Å². The molecule has 0 aliphatic carbocycles. The van der Waals surface area contributed by atoms with Gasteiger partial charge < -0.3 is 5.32 Å². The smallest absolute Gasteiger partial charge is 0.263 e. The minimum atomic E-state index is -1.05. The Labute approximate surface area is 143 Å². The molecule has 0 aromatic heterocycles. The lowest BCUT2D eigenvalue weighted by molar-refractivity contribution is -0.129. The van der Waals surface area contributed by atoms with E-state index in [-0.39, 0.29) is 5.91 Å². The van der Waals surface area contributed by atoms with Crippen LogP contribution in [0.1, 0.15) is 11.1 Å². The van der Waals surface area contributed by atoms with Crippen LogP contribution in [-0.4, -0.2) is 23.0 Å². The highest BCUT2D eigenvalue weighted by Crippen LogP contribution is 2.36. The third-order valence-electron chi connectivity index (χ3n) is 3.78. The van der Waals surface area contributed by atoms with Crippen LogP contribution in [0, 0.1) is 0 Å². The molecule has 1 fully saturated rings. The number of rotatable bonds is 2. The van der Waals surface area contributed by atoms with Crippen molar-refractivity contribution in [1.82, 2.24) is 10.2 Å². The number of thiocarbonyl (C=S) groups is 1. The van der Waals surface area contributed by atoms with Crippen LogP contribution in [-0.2, 0) is 10.3 Å². The highest BCUT2D eigenvalue weighted by Gasteiger charge is 2.50. The molecule has 0 spiro atoms. The quantitative estimate of drug-likeness (QED) is 0.840. The van der Waals surface area contributed by atoms with Crippen LogP contribution in [0.4, 0.5) is 0 Å². The Morgan fingerprint density at radius 1 is 0.955 bits per heavy atom. The van der Waals surface area contributed by atoms with Crippen molar-refractivity contribution in [3.63, 3.8) is 0 Å². The molecular weight excluding hydrogens is 339 g/mol. The van der Waals surface area contributed by atoms with E-state index in [0.29, 0.717) is 15.2 Å². The first-order chi connectivity index (χ1) is 10.4. The number of benzene rings is 2. The summed E-state index contributed by atoms with van der Waals surface area (Å²) in [5, 5.41) is 4.76. The fourth-order valence-corrected chi connectivity index (χ4v) is 3.09. The molecule has 2 aromatic carbocycles. The molecule has 0 saturated carbocycles. The second kappa shape index (κ2) is 5.54. The van der Waals surface area contributed by atoms with E-state index < -0.39 is 5.54 Å². The third-order valence-corrected chi connectivity index (χ3v) is 4.66. The van der Waals surface area contributed by atoms with Crippen LogP contribution in [0.5, 0.6) is 0 Å². The Morgan fingerprint density at radius 2 is 1.36 bits per heavy atom. The van der Waals surface area contributed by atoms with Gasteiger partial charge in [-0.3, -0.25) is 9.69 Å². The second-order valence-corrected chi connectivity index (χ2v) is 6.32. The van der Waals surface area contributed by atoms with E-state index in [2.05, 4.69) is 5.32 Å². The first-order valence-corrected chi connectivity index (χ1v) is 7.74. The molecule has 1 amide bonds. The lowest BCUT2D eigenvalue weighted by Crippen LogP contribution is -2.44. The van der Waals surface area contributed by atoms with Crippen LogP contribution < -0.4 is 5.32 Å². The second-order valence-electron chi connectivity index (χ2n) is 5.06. The van der Waals surface area contributed by atoms with Crippen molar-refractivity contribution < 1.29 is 4.79 Å². The molecule has 3 rings (SSSR count). The van der Waals surface area contributed by atoms with Crippen LogP contribution in [0.2, 0.25) is 10.0 Å². The maximum absolute atomic E-state index is 12.9. The Kier molecular flexibility index (Phi) is 3.85. The molecule has 6 heteroatoms. The summed E-state index contributed by atoms with van der Waals surface area (Å²) in [6, 6.07) is 14.3. The molecule has 2 aromatic rings. The summed E-state index contributed by atoms with van der Waals surface area (Å²) in [5.74, 6) is -0.137. The van der Waals surface area contributed by atoms with Gasteiger partial charge in [-0.25, -0.2) is 0 Å². The van der Waals surface area contributed by atoms with E-state index in [1.165, 1.54) is 4.90 Å². The van der Waals surface area contributed by atoms with Gasteiger partial charge in [0.2, 0.25) is 0 Å². The topological polar surface area (TPSA) is 32.3 Å². The Hall–Kier alpha value is -1.62. The van der Waals surface area contributed by atoms with Crippen LogP contribution in [0.3, 0.4) is 0 Å². The fourth-order valence-electron chi connectivity index (χ4n) is 2.60. The predicted molar refractivity (Wildman–Crippen MR) is 92.2 cm³/mol. The Balaban J connectivity index is 2.23. The fraction of sp³-hybridized carbons (Fsp3) is 0.125. The Morgan fingerprint density at radius 3 is 1.68 bits per heavy atom. The summed E-state index contributed by atoms with van der Waals surface area (Å²) < 4.78 is 0. The van der Waals surface area contributed by atoms with Crippen LogP contribution >= 0.6 is 35.4 Å². The number of likely N-dealkylation sites (N-methyl/N-ethyl adjacent to an activating group) is 1. The number of hydrogen-bond acceptors (Lipinski definition) is 2. The van der Waals surface area contributed by atoms with E-state index in [4.69, 9.17) is 35.4 Å². The monoisotopic (exact) mass is 350 g/mol. The van der Waals surface area contributed by atoms with Crippen molar-refractivity contribution in [3.8, 4) is 0 Å². The molecule has 112 valence electrons. The average molecular weight is 351 g/mol. The molecule has 0 bridgehead atoms. The first-order valence-electron chi connectivity index (χ1n) is 6.57. The zero-order chi connectivity index (χ0) is 15.9. The zero-order valence-electron chi connectivity index (χ0n) is 11.6. The minimum absolute atomic E-state index is 0.137. The molecule has 0 radical (unpaired) electrons. The van der Waals surface area contributed by atoms with Gasteiger partial charge in [0.1, 0.15) is 0 Å². The molecule has 0 unspecified atom stereocenters. The van der Waals surface area contributed by atoms with Crippen LogP contribution in [0.25, 0.3) is 0 Å². The maximum atomic E-state index is 12.9. The molecule has 3 nitrogen and oxygen atoms in total. The summed E-state index contributed by atoms with van der Waals surface area (Å²) >= 11 is 17.2. The summed E-state index contributed by atoms with van der Waals surface area (Å²) in [7, 11) is 1.66. The van der Waals surface area contributed by atoms with Gasteiger partial charge in [-0.15, -0.1) is 0 Å². The third kappa shape index (κ3) is 2.28. The van der Waals surface area contributed by atoms with Gasteiger partial charge in [0.15, 0.2) is 10.7 Å². The summed E-state index contributed by atoms with van der Waals surface area (Å²) in [6.07, 6.45) is 0. The lowest BCUT2D eigenvalue weighted by Gasteiger charge is -2.28. The highest BCUT2D eigenvalue weighted by atomic mass is 35.5. The van der Waals surface area contributed by atoms with E-state index in [1.807, 2.05) is 24.3 Å². The molecule has 1 heterocycles. The average Bonchev–Trinajstić information content (AvgIpc) is 2.74. The summed E-state index contributed by atoms with van der Waals surface area (Å²) in [4.78, 5) is 14.4. The van der Waals surface area contributed by atoms with Gasteiger partial charge >= 0.3 is 0 Å². The standard InChI is InChI=1S/C16H12Cl2N2OS/c1-20-14(21)16(19-15(20)22,10-2-6-12(17)7-3-10)11-4-8-13(18)9-5-11/h2-9H,1H3,(H,19,22). The van der Waals surface area contributed by atoms with Crippen LogP contribution in [0.15, 0.2) is 48.5 Å². The number of nitrogens with zero attached hydrogens (tertiary/aromatic N) is 1. The molecule has 0 atom stereocenters. The van der Waals surface area contributed by atoms with E-state index in [1.54, 1.807) is 31.3 Å². The number of nitrogens with one attached hydrogen (secondary N) is 1. The van der Waals surface area contributed by atoms with Crippen molar-refractivity contribution in [1.29, 1.82) is 0 Å². The van der Waals surface area contributed by atoms with Gasteiger partial charge in [0.05, 0.1) is 0 Å². The molecule has 1 aliphatic heterocycles. The summed E-state index contributed by atoms with van der Waals surface area (Å²) in [5.41, 5.74) is 0.493. The molecule has 1 aliphatic rings. The lowest BCUT2D eigenvalue weighted by atomic mass is 9.83. The molecule has 22 heavy (non-hydrogen) atoms. The predicted octanol–water partition coefficient (Wildman–Crippen LogP) is 3.58. The minimum Gasteiger partial charge on any atom is -0.341 e. The van der Waals surface area contributed by atoms with Gasteiger partial charge in [-0.05, 0) is 47.6 Å². The van der Waals surface area contributed by atoms with E-state index >= 15 is 0 Å². The van der Waals surface area contributed by atoms with Gasteiger partial charge in [0, 0.05) is 17.1 Å². The Bertz CT molecular complexity index is 698.